The fourth-order valence-electron chi connectivity index (χ4n) is 2.76. The number of nitrogens with two attached hydrogens (primary N) is 1. The lowest BCUT2D eigenvalue weighted by molar-refractivity contribution is 0.0746. The number of hydrogen-bond acceptors (Lipinski definition) is 4. The molecule has 0 atom stereocenters. The van der Waals surface area contributed by atoms with Crippen LogP contribution in [0.3, 0.4) is 0 Å². The van der Waals surface area contributed by atoms with E-state index in [0.717, 1.165) is 0 Å². The Hall–Kier alpha value is -1.89. The van der Waals surface area contributed by atoms with Crippen molar-refractivity contribution >= 4 is 36.4 Å². The standard InChI is InChI=1S/C17H19FN4O.2ClH/c18-15-3-1-2-4-16(15)21-7-9-22(10-8-21)17(23)13-5-6-20-14(11-13)12-19;;/h1-6,11H,7-10,12,19H2;2*1H. The van der Waals surface area contributed by atoms with Crippen LogP contribution in [0.15, 0.2) is 42.6 Å². The fraction of sp³-hybridized carbons (Fsp3) is 0.294. The number of para-hydroxylation sites is 1. The van der Waals surface area contributed by atoms with Crippen LogP contribution in [0.2, 0.25) is 0 Å². The largest absolute Gasteiger partial charge is 0.366 e. The molecular weight excluding hydrogens is 366 g/mol. The van der Waals surface area contributed by atoms with Gasteiger partial charge in [0.15, 0.2) is 0 Å². The van der Waals surface area contributed by atoms with Crippen molar-refractivity contribution in [2.45, 2.75) is 6.54 Å². The highest BCUT2D eigenvalue weighted by molar-refractivity contribution is 5.94. The van der Waals surface area contributed by atoms with Gasteiger partial charge in [0.2, 0.25) is 0 Å². The first-order valence-electron chi connectivity index (χ1n) is 7.63. The molecule has 1 aliphatic rings. The number of carbonyl (C=O) groups is 1. The van der Waals surface area contributed by atoms with Crippen LogP contribution in [-0.4, -0.2) is 42.0 Å². The van der Waals surface area contributed by atoms with Crippen LogP contribution < -0.4 is 10.6 Å². The van der Waals surface area contributed by atoms with Gasteiger partial charge >= 0.3 is 0 Å². The summed E-state index contributed by atoms with van der Waals surface area (Å²) in [6, 6.07) is 10.1. The maximum Gasteiger partial charge on any atom is 0.254 e. The van der Waals surface area contributed by atoms with Gasteiger partial charge < -0.3 is 15.5 Å². The third-order valence-electron chi connectivity index (χ3n) is 4.03. The van der Waals surface area contributed by atoms with Gasteiger partial charge in [-0.2, -0.15) is 0 Å². The zero-order chi connectivity index (χ0) is 16.2. The molecule has 0 unspecified atom stereocenters. The Morgan fingerprint density at radius 3 is 2.44 bits per heavy atom. The van der Waals surface area contributed by atoms with Crippen LogP contribution >= 0.6 is 24.8 Å². The number of piperazine rings is 1. The van der Waals surface area contributed by atoms with E-state index in [0.29, 0.717) is 49.7 Å². The van der Waals surface area contributed by atoms with Crippen LogP contribution in [0.5, 0.6) is 0 Å². The Labute approximate surface area is 158 Å². The molecular formula is C17H21Cl2FN4O. The Bertz CT molecular complexity index is 709. The number of amides is 1. The lowest BCUT2D eigenvalue weighted by Gasteiger charge is -2.36. The lowest BCUT2D eigenvalue weighted by Crippen LogP contribution is -2.49. The van der Waals surface area contributed by atoms with Crippen LogP contribution in [0.4, 0.5) is 10.1 Å². The molecule has 1 aliphatic heterocycles. The smallest absolute Gasteiger partial charge is 0.254 e. The van der Waals surface area contributed by atoms with E-state index in [4.69, 9.17) is 5.73 Å². The average Bonchev–Trinajstić information content (AvgIpc) is 2.62. The van der Waals surface area contributed by atoms with Gasteiger partial charge in [-0.25, -0.2) is 4.39 Å². The van der Waals surface area contributed by atoms with Crippen LogP contribution in [0.1, 0.15) is 16.1 Å². The monoisotopic (exact) mass is 386 g/mol. The average molecular weight is 387 g/mol. The molecule has 3 rings (SSSR count). The van der Waals surface area contributed by atoms with Crippen molar-refractivity contribution in [1.82, 2.24) is 9.88 Å². The van der Waals surface area contributed by atoms with Crippen molar-refractivity contribution in [2.75, 3.05) is 31.1 Å². The zero-order valence-corrected chi connectivity index (χ0v) is 15.2. The molecule has 2 aromatic rings. The molecule has 136 valence electrons. The molecule has 2 heterocycles. The van der Waals surface area contributed by atoms with Crippen molar-refractivity contribution in [3.05, 3.63) is 59.7 Å². The number of halogens is 3. The molecule has 1 aromatic heterocycles. The maximum absolute atomic E-state index is 13.8. The van der Waals surface area contributed by atoms with Crippen LogP contribution in [-0.2, 0) is 6.54 Å². The van der Waals surface area contributed by atoms with Gasteiger partial charge in [-0.1, -0.05) is 12.1 Å². The molecule has 0 saturated carbocycles. The van der Waals surface area contributed by atoms with Gasteiger partial charge in [0.25, 0.3) is 5.91 Å². The van der Waals surface area contributed by atoms with Crippen molar-refractivity contribution in [2.24, 2.45) is 5.73 Å². The number of aromatic nitrogens is 1. The van der Waals surface area contributed by atoms with Crippen molar-refractivity contribution < 1.29 is 9.18 Å². The zero-order valence-electron chi connectivity index (χ0n) is 13.6. The number of carbonyl (C=O) groups excluding carboxylic acids is 1. The molecule has 0 bridgehead atoms. The molecule has 1 amide bonds. The fourth-order valence-corrected chi connectivity index (χ4v) is 2.76. The Morgan fingerprint density at radius 2 is 1.80 bits per heavy atom. The number of hydrogen-bond donors (Lipinski definition) is 1. The van der Waals surface area contributed by atoms with Gasteiger partial charge in [-0.05, 0) is 24.3 Å². The van der Waals surface area contributed by atoms with E-state index >= 15 is 0 Å². The summed E-state index contributed by atoms with van der Waals surface area (Å²) in [6.45, 7) is 2.66. The summed E-state index contributed by atoms with van der Waals surface area (Å²) >= 11 is 0. The van der Waals surface area contributed by atoms with Gasteiger partial charge in [0.1, 0.15) is 5.82 Å². The number of rotatable bonds is 3. The summed E-state index contributed by atoms with van der Waals surface area (Å²) < 4.78 is 13.8. The van der Waals surface area contributed by atoms with E-state index in [1.54, 1.807) is 35.4 Å². The van der Waals surface area contributed by atoms with Crippen molar-refractivity contribution in [1.29, 1.82) is 0 Å². The second kappa shape index (κ2) is 9.56. The first-order chi connectivity index (χ1) is 11.2. The summed E-state index contributed by atoms with van der Waals surface area (Å²) in [7, 11) is 0. The van der Waals surface area contributed by atoms with Gasteiger partial charge in [0.05, 0.1) is 11.4 Å². The highest BCUT2D eigenvalue weighted by Gasteiger charge is 2.23. The molecule has 1 fully saturated rings. The van der Waals surface area contributed by atoms with Gasteiger partial charge in [-0.3, -0.25) is 9.78 Å². The summed E-state index contributed by atoms with van der Waals surface area (Å²) in [5, 5.41) is 0. The lowest BCUT2D eigenvalue weighted by atomic mass is 10.1. The Balaban J connectivity index is 0.00000156. The van der Waals surface area contributed by atoms with E-state index < -0.39 is 0 Å². The number of benzene rings is 1. The molecule has 2 N–H and O–H groups in total. The predicted molar refractivity (Wildman–Crippen MR) is 101 cm³/mol. The molecule has 1 saturated heterocycles. The van der Waals surface area contributed by atoms with Crippen molar-refractivity contribution in [3.8, 4) is 0 Å². The molecule has 5 nitrogen and oxygen atoms in total. The highest BCUT2D eigenvalue weighted by Crippen LogP contribution is 2.20. The summed E-state index contributed by atoms with van der Waals surface area (Å²) in [6.07, 6.45) is 1.60. The summed E-state index contributed by atoms with van der Waals surface area (Å²) in [4.78, 5) is 20.4. The molecule has 1 aromatic carbocycles. The van der Waals surface area contributed by atoms with E-state index in [-0.39, 0.29) is 36.5 Å². The van der Waals surface area contributed by atoms with E-state index in [2.05, 4.69) is 4.98 Å². The minimum absolute atomic E-state index is 0. The van der Waals surface area contributed by atoms with Gasteiger partial charge in [-0.15, -0.1) is 24.8 Å². The van der Waals surface area contributed by atoms with Crippen LogP contribution in [0, 0.1) is 5.82 Å². The number of nitrogens with zero attached hydrogens (tertiary/aromatic N) is 3. The third-order valence-corrected chi connectivity index (χ3v) is 4.03. The van der Waals surface area contributed by atoms with E-state index in [1.165, 1.54) is 6.07 Å². The second-order valence-electron chi connectivity index (χ2n) is 5.47. The molecule has 0 spiro atoms. The maximum atomic E-state index is 13.8. The minimum Gasteiger partial charge on any atom is -0.366 e. The van der Waals surface area contributed by atoms with E-state index in [1.807, 2.05) is 11.0 Å². The quantitative estimate of drug-likeness (QED) is 0.879. The minimum atomic E-state index is -0.228. The first kappa shape index (κ1) is 21.2. The normalized spacial score (nSPS) is 13.7. The Morgan fingerprint density at radius 1 is 1.12 bits per heavy atom. The SMILES string of the molecule is Cl.Cl.NCc1cc(C(=O)N2CCN(c3ccccc3F)CC2)ccn1. The van der Waals surface area contributed by atoms with E-state index in [9.17, 15) is 9.18 Å². The molecule has 25 heavy (non-hydrogen) atoms. The summed E-state index contributed by atoms with van der Waals surface area (Å²) in [5.41, 5.74) is 7.45. The number of anilines is 1. The highest BCUT2D eigenvalue weighted by atomic mass is 35.5. The Kier molecular flexibility index (Phi) is 8.09. The van der Waals surface area contributed by atoms with Crippen molar-refractivity contribution in [3.63, 3.8) is 0 Å². The first-order valence-corrected chi connectivity index (χ1v) is 7.63. The topological polar surface area (TPSA) is 62.5 Å². The number of pyridine rings is 1. The van der Waals surface area contributed by atoms with Crippen LogP contribution in [0.25, 0.3) is 0 Å². The van der Waals surface area contributed by atoms with Gasteiger partial charge in [0, 0.05) is 44.5 Å². The predicted octanol–water partition coefficient (Wildman–Crippen LogP) is 2.49. The molecule has 8 heteroatoms. The molecule has 0 aliphatic carbocycles. The summed E-state index contributed by atoms with van der Waals surface area (Å²) in [5.74, 6) is -0.260. The second-order valence-corrected chi connectivity index (χ2v) is 5.47. The molecule has 0 radical (unpaired) electrons. The third kappa shape index (κ3) is 4.81.